The second-order valence-electron chi connectivity index (χ2n) is 3.04. The Balaban J connectivity index is 4.21. The van der Waals surface area contributed by atoms with E-state index in [2.05, 4.69) is 0 Å². The molecule has 0 spiro atoms. The lowest BCUT2D eigenvalue weighted by Crippen LogP contribution is -2.36. The predicted molar refractivity (Wildman–Crippen MR) is 49.7 cm³/mol. The van der Waals surface area contributed by atoms with E-state index < -0.39 is 16.4 Å². The molecule has 0 aromatic carbocycles. The van der Waals surface area contributed by atoms with Crippen molar-refractivity contribution in [3.05, 3.63) is 0 Å². The fraction of sp³-hybridized carbons (Fsp3) is 1.00. The van der Waals surface area contributed by atoms with E-state index in [-0.39, 0.29) is 13.1 Å². The van der Waals surface area contributed by atoms with Gasteiger partial charge in [-0.3, -0.25) is 4.55 Å². The van der Waals surface area contributed by atoms with Gasteiger partial charge in [0.05, 0.1) is 6.10 Å². The molecule has 5 nitrogen and oxygen atoms in total. The molecule has 13 heavy (non-hydrogen) atoms. The van der Waals surface area contributed by atoms with Crippen molar-refractivity contribution in [2.75, 3.05) is 13.1 Å². The third-order valence-corrected chi connectivity index (χ3v) is 2.54. The van der Waals surface area contributed by atoms with E-state index >= 15 is 0 Å². The number of hydrogen-bond acceptors (Lipinski definition) is 3. The lowest BCUT2D eigenvalue weighted by molar-refractivity contribution is 0.158. The van der Waals surface area contributed by atoms with Crippen LogP contribution in [0.15, 0.2) is 0 Å². The maximum Gasteiger partial charge on any atom is 0.335 e. The Morgan fingerprint density at radius 2 is 2.00 bits per heavy atom. The molecule has 0 aliphatic heterocycles. The average molecular weight is 211 g/mol. The van der Waals surface area contributed by atoms with Crippen molar-refractivity contribution in [2.45, 2.75) is 32.8 Å². The van der Waals surface area contributed by atoms with Gasteiger partial charge < -0.3 is 5.11 Å². The lowest BCUT2D eigenvalue weighted by Gasteiger charge is -2.19. The summed E-state index contributed by atoms with van der Waals surface area (Å²) in [6.45, 7) is 3.59. The molecule has 2 N–H and O–H groups in total. The molecule has 1 unspecified atom stereocenters. The van der Waals surface area contributed by atoms with Crippen molar-refractivity contribution in [1.82, 2.24) is 4.31 Å². The van der Waals surface area contributed by atoms with Crippen LogP contribution in [0.25, 0.3) is 0 Å². The van der Waals surface area contributed by atoms with E-state index in [0.717, 1.165) is 10.7 Å². The highest BCUT2D eigenvalue weighted by atomic mass is 32.2. The molecular formula is C7H17NO4S. The quantitative estimate of drug-likeness (QED) is 0.618. The Bertz CT molecular complexity index is 225. The number of aliphatic hydroxyl groups is 1. The van der Waals surface area contributed by atoms with Gasteiger partial charge in [0.25, 0.3) is 0 Å². The maximum absolute atomic E-state index is 10.7. The second-order valence-corrected chi connectivity index (χ2v) is 4.45. The van der Waals surface area contributed by atoms with Crippen molar-refractivity contribution in [2.24, 2.45) is 0 Å². The van der Waals surface area contributed by atoms with E-state index in [0.29, 0.717) is 6.42 Å². The SMILES string of the molecule is CCCCN(CC(C)O)S(=O)(=O)O. The molecule has 0 bridgehead atoms. The minimum absolute atomic E-state index is 0.0567. The van der Waals surface area contributed by atoms with Crippen molar-refractivity contribution in [1.29, 1.82) is 0 Å². The molecule has 0 aromatic rings. The monoisotopic (exact) mass is 211 g/mol. The number of rotatable bonds is 6. The molecule has 0 aliphatic rings. The van der Waals surface area contributed by atoms with E-state index in [1.807, 2.05) is 6.92 Å². The molecule has 0 fully saturated rings. The first-order valence-electron chi connectivity index (χ1n) is 4.28. The van der Waals surface area contributed by atoms with Gasteiger partial charge in [-0.1, -0.05) is 13.3 Å². The largest absolute Gasteiger partial charge is 0.392 e. The normalized spacial score (nSPS) is 14.8. The third kappa shape index (κ3) is 5.98. The summed E-state index contributed by atoms with van der Waals surface area (Å²) in [4.78, 5) is 0. The summed E-state index contributed by atoms with van der Waals surface area (Å²) in [5.74, 6) is 0. The smallest absolute Gasteiger partial charge is 0.335 e. The summed E-state index contributed by atoms with van der Waals surface area (Å²) in [5.41, 5.74) is 0. The van der Waals surface area contributed by atoms with Gasteiger partial charge in [-0.25, -0.2) is 0 Å². The topological polar surface area (TPSA) is 77.8 Å². The minimum atomic E-state index is -4.16. The summed E-state index contributed by atoms with van der Waals surface area (Å²) < 4.78 is 31.1. The van der Waals surface area contributed by atoms with Gasteiger partial charge in [-0.15, -0.1) is 0 Å². The standard InChI is InChI=1S/C7H17NO4S/c1-3-4-5-8(6-7(2)9)13(10,11)12/h7,9H,3-6H2,1-2H3,(H,10,11,12). The molecule has 0 aliphatic carbocycles. The maximum atomic E-state index is 10.7. The average Bonchev–Trinajstić information content (AvgIpc) is 1.95. The summed E-state index contributed by atoms with van der Waals surface area (Å²) in [7, 11) is -4.16. The van der Waals surface area contributed by atoms with E-state index in [1.54, 1.807) is 0 Å². The Hall–Kier alpha value is -0.170. The van der Waals surface area contributed by atoms with Gasteiger partial charge in [0.1, 0.15) is 0 Å². The highest BCUT2D eigenvalue weighted by molar-refractivity contribution is 7.83. The Morgan fingerprint density at radius 1 is 1.46 bits per heavy atom. The third-order valence-electron chi connectivity index (χ3n) is 1.56. The van der Waals surface area contributed by atoms with E-state index in [4.69, 9.17) is 9.66 Å². The summed E-state index contributed by atoms with van der Waals surface area (Å²) >= 11 is 0. The molecule has 6 heteroatoms. The predicted octanol–water partition coefficient (Wildman–Crippen LogP) is 0.272. The fourth-order valence-electron chi connectivity index (χ4n) is 0.930. The van der Waals surface area contributed by atoms with Crippen LogP contribution in [0, 0.1) is 0 Å². The van der Waals surface area contributed by atoms with Gasteiger partial charge in [-0.05, 0) is 13.3 Å². The van der Waals surface area contributed by atoms with Crippen molar-refractivity contribution in [3.63, 3.8) is 0 Å². The Morgan fingerprint density at radius 3 is 2.31 bits per heavy atom. The second kappa shape index (κ2) is 5.54. The molecule has 0 radical (unpaired) electrons. The van der Waals surface area contributed by atoms with Crippen LogP contribution in [0.5, 0.6) is 0 Å². The van der Waals surface area contributed by atoms with Crippen molar-refractivity contribution in [3.8, 4) is 0 Å². The molecule has 80 valence electrons. The fourth-order valence-corrected chi connectivity index (χ4v) is 1.69. The number of nitrogens with zero attached hydrogens (tertiary/aromatic N) is 1. The van der Waals surface area contributed by atoms with Gasteiger partial charge >= 0.3 is 10.3 Å². The number of unbranched alkanes of at least 4 members (excludes halogenated alkanes) is 1. The minimum Gasteiger partial charge on any atom is -0.392 e. The molecule has 0 amide bonds. The highest BCUT2D eigenvalue weighted by Crippen LogP contribution is 2.02. The summed E-state index contributed by atoms with van der Waals surface area (Å²) in [5, 5.41) is 8.97. The Kier molecular flexibility index (Phi) is 5.46. The van der Waals surface area contributed by atoms with Crippen LogP contribution in [0.3, 0.4) is 0 Å². The van der Waals surface area contributed by atoms with Crippen LogP contribution in [-0.4, -0.2) is 41.6 Å². The first kappa shape index (κ1) is 12.8. The van der Waals surface area contributed by atoms with E-state index in [9.17, 15) is 8.42 Å². The first-order valence-corrected chi connectivity index (χ1v) is 5.68. The molecule has 0 aromatic heterocycles. The van der Waals surface area contributed by atoms with Crippen LogP contribution >= 0.6 is 0 Å². The lowest BCUT2D eigenvalue weighted by atomic mass is 10.3. The van der Waals surface area contributed by atoms with Crippen molar-refractivity contribution < 1.29 is 18.1 Å². The van der Waals surface area contributed by atoms with Crippen LogP contribution in [0.1, 0.15) is 26.7 Å². The van der Waals surface area contributed by atoms with Gasteiger partial charge in [0.15, 0.2) is 0 Å². The molecule has 0 saturated heterocycles. The summed E-state index contributed by atoms with van der Waals surface area (Å²) in [6, 6.07) is 0. The van der Waals surface area contributed by atoms with Crippen LogP contribution < -0.4 is 0 Å². The zero-order valence-corrected chi connectivity index (χ0v) is 8.79. The zero-order chi connectivity index (χ0) is 10.5. The van der Waals surface area contributed by atoms with E-state index in [1.165, 1.54) is 6.92 Å². The first-order chi connectivity index (χ1) is 5.88. The van der Waals surface area contributed by atoms with Crippen LogP contribution in [0.4, 0.5) is 0 Å². The van der Waals surface area contributed by atoms with Gasteiger partial charge in [-0.2, -0.15) is 12.7 Å². The molecule has 0 heterocycles. The van der Waals surface area contributed by atoms with Crippen LogP contribution in [0.2, 0.25) is 0 Å². The number of hydrogen-bond donors (Lipinski definition) is 2. The van der Waals surface area contributed by atoms with Crippen LogP contribution in [-0.2, 0) is 10.3 Å². The summed E-state index contributed by atoms with van der Waals surface area (Å²) in [6.07, 6.45) is 0.747. The Labute approximate surface area is 79.2 Å². The van der Waals surface area contributed by atoms with Gasteiger partial charge in [0, 0.05) is 13.1 Å². The molecule has 1 atom stereocenters. The molecule has 0 saturated carbocycles. The van der Waals surface area contributed by atoms with Gasteiger partial charge in [0.2, 0.25) is 0 Å². The van der Waals surface area contributed by atoms with Crippen molar-refractivity contribution >= 4 is 10.3 Å². The molecule has 0 rings (SSSR count). The number of aliphatic hydroxyl groups excluding tert-OH is 1. The zero-order valence-electron chi connectivity index (χ0n) is 7.97. The highest BCUT2D eigenvalue weighted by Gasteiger charge is 2.19. The molecular weight excluding hydrogens is 194 g/mol.